The van der Waals surface area contributed by atoms with E-state index in [2.05, 4.69) is 37.4 Å². The van der Waals surface area contributed by atoms with Gasteiger partial charge in [-0.3, -0.25) is 4.79 Å². The van der Waals surface area contributed by atoms with Crippen LogP contribution in [-0.4, -0.2) is 17.0 Å². The van der Waals surface area contributed by atoms with Crippen LogP contribution in [0.4, 0.5) is 0 Å². The molecule has 2 rings (SSSR count). The fourth-order valence-corrected chi connectivity index (χ4v) is 2.16. The lowest BCUT2D eigenvalue weighted by Crippen LogP contribution is -2.26. The van der Waals surface area contributed by atoms with Crippen molar-refractivity contribution in [1.82, 2.24) is 9.88 Å². The van der Waals surface area contributed by atoms with Gasteiger partial charge in [0.2, 0.25) is 0 Å². The quantitative estimate of drug-likeness (QED) is 0.824. The van der Waals surface area contributed by atoms with E-state index in [-0.39, 0.29) is 5.91 Å². The van der Waals surface area contributed by atoms with Crippen LogP contribution in [0.15, 0.2) is 24.3 Å². The van der Waals surface area contributed by atoms with Gasteiger partial charge in [0.25, 0.3) is 5.91 Å². The third-order valence-electron chi connectivity index (χ3n) is 3.25. The minimum atomic E-state index is 0.0137. The first-order valence-electron chi connectivity index (χ1n) is 6.47. The molecule has 0 atom stereocenters. The second kappa shape index (κ2) is 5.25. The van der Waals surface area contributed by atoms with Gasteiger partial charge in [-0.15, -0.1) is 0 Å². The fraction of sp³-hybridized carbons (Fsp3) is 0.400. The molecule has 0 unspecified atom stereocenters. The van der Waals surface area contributed by atoms with Crippen LogP contribution in [0.1, 0.15) is 35.8 Å². The largest absolute Gasteiger partial charge is 0.351 e. The molecule has 1 amide bonds. The number of nitrogens with one attached hydrogen (secondary N) is 1. The number of aryl methyl sites for hydroxylation is 2. The maximum Gasteiger partial charge on any atom is 0.267 e. The summed E-state index contributed by atoms with van der Waals surface area (Å²) in [4.78, 5) is 12.1. The molecule has 1 heterocycles. The van der Waals surface area contributed by atoms with E-state index < -0.39 is 0 Å². The zero-order valence-electron chi connectivity index (χ0n) is 11.3. The summed E-state index contributed by atoms with van der Waals surface area (Å²) in [6, 6.07) is 8.20. The van der Waals surface area contributed by atoms with Crippen LogP contribution in [0.5, 0.6) is 0 Å². The zero-order valence-corrected chi connectivity index (χ0v) is 11.3. The molecule has 96 valence electrons. The van der Waals surface area contributed by atoms with E-state index in [1.165, 1.54) is 5.56 Å². The lowest BCUT2D eigenvalue weighted by atomic mass is 10.2. The third kappa shape index (κ3) is 2.40. The van der Waals surface area contributed by atoms with E-state index >= 15 is 0 Å². The highest BCUT2D eigenvalue weighted by atomic mass is 16.1. The second-order valence-corrected chi connectivity index (χ2v) is 4.76. The first-order chi connectivity index (χ1) is 8.63. The predicted molar refractivity (Wildman–Crippen MR) is 74.9 cm³/mol. The molecule has 0 fully saturated rings. The Morgan fingerprint density at radius 1 is 1.33 bits per heavy atom. The van der Waals surface area contributed by atoms with E-state index in [0.29, 0.717) is 0 Å². The number of amides is 1. The van der Waals surface area contributed by atoms with Gasteiger partial charge in [0.15, 0.2) is 0 Å². The molecule has 0 aliphatic heterocycles. The fourth-order valence-electron chi connectivity index (χ4n) is 2.16. The third-order valence-corrected chi connectivity index (χ3v) is 3.25. The number of hydrogen-bond acceptors (Lipinski definition) is 1. The number of unbranched alkanes of at least 4 members (excludes halogenated alkanes) is 1. The highest BCUT2D eigenvalue weighted by Gasteiger charge is 2.12. The number of rotatable bonds is 4. The molecule has 0 saturated carbocycles. The molecule has 3 heteroatoms. The Labute approximate surface area is 108 Å². The summed E-state index contributed by atoms with van der Waals surface area (Å²) in [5, 5.41) is 4.08. The molecule has 0 radical (unpaired) electrons. The lowest BCUT2D eigenvalue weighted by Gasteiger charge is -2.05. The molecular weight excluding hydrogens is 224 g/mol. The maximum atomic E-state index is 12.1. The van der Waals surface area contributed by atoms with E-state index in [0.717, 1.165) is 36.0 Å². The summed E-state index contributed by atoms with van der Waals surface area (Å²) >= 11 is 0. The van der Waals surface area contributed by atoms with Crippen LogP contribution < -0.4 is 5.32 Å². The monoisotopic (exact) mass is 244 g/mol. The predicted octanol–water partition coefficient (Wildman–Crippen LogP) is 3.02. The summed E-state index contributed by atoms with van der Waals surface area (Å²) in [5.41, 5.74) is 3.04. The van der Waals surface area contributed by atoms with Crippen LogP contribution in [0.25, 0.3) is 10.9 Å². The number of hydrogen-bond donors (Lipinski definition) is 1. The molecule has 3 nitrogen and oxygen atoms in total. The van der Waals surface area contributed by atoms with Gasteiger partial charge in [-0.2, -0.15) is 0 Å². The van der Waals surface area contributed by atoms with Gasteiger partial charge in [-0.1, -0.05) is 25.0 Å². The molecule has 0 aliphatic carbocycles. The van der Waals surface area contributed by atoms with Crippen molar-refractivity contribution in [2.75, 3.05) is 6.54 Å². The molecule has 1 aromatic heterocycles. The first-order valence-corrected chi connectivity index (χ1v) is 6.47. The van der Waals surface area contributed by atoms with Crippen molar-refractivity contribution < 1.29 is 4.79 Å². The van der Waals surface area contributed by atoms with Crippen LogP contribution in [0.3, 0.4) is 0 Å². The summed E-state index contributed by atoms with van der Waals surface area (Å²) < 4.78 is 1.95. The van der Waals surface area contributed by atoms with Gasteiger partial charge < -0.3 is 9.88 Å². The topological polar surface area (TPSA) is 34.0 Å². The van der Waals surface area contributed by atoms with Gasteiger partial charge in [-0.05, 0) is 31.5 Å². The molecule has 0 saturated heterocycles. The standard InChI is InChI=1S/C15H20N2O/c1-4-5-8-16-15(18)14-10-12-9-11(2)6-7-13(12)17(14)3/h6-7,9-10H,4-5,8H2,1-3H3,(H,16,18). The van der Waals surface area contributed by atoms with Crippen molar-refractivity contribution in [1.29, 1.82) is 0 Å². The number of carbonyl (C=O) groups excluding carboxylic acids is 1. The number of aromatic nitrogens is 1. The molecular formula is C15H20N2O. The van der Waals surface area contributed by atoms with Gasteiger partial charge in [-0.25, -0.2) is 0 Å². The number of fused-ring (bicyclic) bond motifs is 1. The van der Waals surface area contributed by atoms with Crippen LogP contribution in [0.2, 0.25) is 0 Å². The second-order valence-electron chi connectivity index (χ2n) is 4.76. The van der Waals surface area contributed by atoms with Crippen LogP contribution >= 0.6 is 0 Å². The summed E-state index contributed by atoms with van der Waals surface area (Å²) in [7, 11) is 1.94. The van der Waals surface area contributed by atoms with Crippen molar-refractivity contribution in [2.45, 2.75) is 26.7 Å². The zero-order chi connectivity index (χ0) is 13.1. The van der Waals surface area contributed by atoms with Crippen molar-refractivity contribution in [3.05, 3.63) is 35.5 Å². The smallest absolute Gasteiger partial charge is 0.267 e. The molecule has 0 aliphatic rings. The first kappa shape index (κ1) is 12.7. The van der Waals surface area contributed by atoms with E-state index in [1.807, 2.05) is 17.7 Å². The number of carbonyl (C=O) groups is 1. The minimum absolute atomic E-state index is 0.0137. The summed E-state index contributed by atoms with van der Waals surface area (Å²) in [6.07, 6.45) is 2.11. The van der Waals surface area contributed by atoms with Gasteiger partial charge >= 0.3 is 0 Å². The molecule has 1 aromatic carbocycles. The Bertz CT molecular complexity index is 569. The normalized spacial score (nSPS) is 10.8. The molecule has 1 N–H and O–H groups in total. The summed E-state index contributed by atoms with van der Waals surface area (Å²) in [5.74, 6) is 0.0137. The molecule has 18 heavy (non-hydrogen) atoms. The lowest BCUT2D eigenvalue weighted by molar-refractivity contribution is 0.0945. The average Bonchev–Trinajstić information content (AvgIpc) is 2.66. The Kier molecular flexibility index (Phi) is 3.70. The number of benzene rings is 1. The van der Waals surface area contributed by atoms with E-state index in [9.17, 15) is 4.79 Å². The Hall–Kier alpha value is -1.77. The van der Waals surface area contributed by atoms with Gasteiger partial charge in [0, 0.05) is 24.5 Å². The van der Waals surface area contributed by atoms with Crippen LogP contribution in [-0.2, 0) is 7.05 Å². The Morgan fingerprint density at radius 3 is 2.83 bits per heavy atom. The van der Waals surface area contributed by atoms with Crippen molar-refractivity contribution in [3.63, 3.8) is 0 Å². The number of nitrogens with zero attached hydrogens (tertiary/aromatic N) is 1. The highest BCUT2D eigenvalue weighted by Crippen LogP contribution is 2.20. The summed E-state index contributed by atoms with van der Waals surface area (Å²) in [6.45, 7) is 4.93. The maximum absolute atomic E-state index is 12.1. The Balaban J connectivity index is 2.28. The van der Waals surface area contributed by atoms with E-state index in [1.54, 1.807) is 0 Å². The van der Waals surface area contributed by atoms with E-state index in [4.69, 9.17) is 0 Å². The van der Waals surface area contributed by atoms with Gasteiger partial charge in [0.1, 0.15) is 5.69 Å². The van der Waals surface area contributed by atoms with Crippen molar-refractivity contribution in [2.24, 2.45) is 7.05 Å². The SMILES string of the molecule is CCCCNC(=O)c1cc2cc(C)ccc2n1C. The molecule has 2 aromatic rings. The molecule has 0 bridgehead atoms. The average molecular weight is 244 g/mol. The van der Waals surface area contributed by atoms with Crippen molar-refractivity contribution >= 4 is 16.8 Å². The van der Waals surface area contributed by atoms with Crippen molar-refractivity contribution in [3.8, 4) is 0 Å². The highest BCUT2D eigenvalue weighted by molar-refractivity contribution is 5.98. The Morgan fingerprint density at radius 2 is 2.11 bits per heavy atom. The van der Waals surface area contributed by atoms with Gasteiger partial charge in [0.05, 0.1) is 0 Å². The molecule has 0 spiro atoms. The minimum Gasteiger partial charge on any atom is -0.351 e. The van der Waals surface area contributed by atoms with Crippen LogP contribution in [0, 0.1) is 6.92 Å².